The van der Waals surface area contributed by atoms with Crippen LogP contribution in [0.4, 0.5) is 5.69 Å². The molecule has 2 heterocycles. The normalized spacial score (nSPS) is 12.2. The Morgan fingerprint density at radius 3 is 2.62 bits per heavy atom. The van der Waals surface area contributed by atoms with E-state index in [1.165, 1.54) is 7.11 Å². The fourth-order valence-corrected chi connectivity index (χ4v) is 3.52. The fourth-order valence-electron chi connectivity index (χ4n) is 2.82. The van der Waals surface area contributed by atoms with Crippen molar-refractivity contribution in [2.45, 2.75) is 6.10 Å². The highest BCUT2D eigenvalue weighted by atomic mass is 32.1. The molecule has 0 fully saturated rings. The summed E-state index contributed by atoms with van der Waals surface area (Å²) in [4.78, 5) is 18.1. The van der Waals surface area contributed by atoms with E-state index in [9.17, 15) is 4.79 Å². The maximum Gasteiger partial charge on any atom is 0.258 e. The minimum absolute atomic E-state index is 0.200. The second-order valence-corrected chi connectivity index (χ2v) is 6.69. The van der Waals surface area contributed by atoms with Crippen LogP contribution in [0.25, 0.3) is 16.2 Å². The van der Waals surface area contributed by atoms with Crippen LogP contribution in [0.1, 0.15) is 11.7 Å². The van der Waals surface area contributed by atoms with Gasteiger partial charge in [-0.2, -0.15) is 0 Å². The van der Waals surface area contributed by atoms with Gasteiger partial charge in [0.05, 0.1) is 5.69 Å². The lowest BCUT2D eigenvalue weighted by Crippen LogP contribution is -2.22. The monoisotopic (exact) mass is 363 g/mol. The Morgan fingerprint density at radius 2 is 1.92 bits per heavy atom. The van der Waals surface area contributed by atoms with Crippen molar-refractivity contribution in [3.8, 4) is 11.3 Å². The molecule has 0 aliphatic heterocycles. The van der Waals surface area contributed by atoms with E-state index in [1.54, 1.807) is 11.3 Å². The smallest absolute Gasteiger partial charge is 0.258 e. The number of carbonyl (C=O) groups is 1. The summed E-state index contributed by atoms with van der Waals surface area (Å²) < 4.78 is 7.36. The third kappa shape index (κ3) is 3.24. The highest BCUT2D eigenvalue weighted by molar-refractivity contribution is 7.15. The summed E-state index contributed by atoms with van der Waals surface area (Å²) in [7, 11) is 1.53. The first kappa shape index (κ1) is 16.5. The molecule has 4 rings (SSSR count). The lowest BCUT2D eigenvalue weighted by atomic mass is 10.1. The molecule has 0 spiro atoms. The zero-order chi connectivity index (χ0) is 17.9. The molecule has 2 aromatic heterocycles. The van der Waals surface area contributed by atoms with E-state index in [-0.39, 0.29) is 5.91 Å². The van der Waals surface area contributed by atoms with Crippen molar-refractivity contribution in [1.29, 1.82) is 0 Å². The van der Waals surface area contributed by atoms with Gasteiger partial charge in [-0.25, -0.2) is 4.98 Å². The summed E-state index contributed by atoms with van der Waals surface area (Å²) >= 11 is 1.60. The van der Waals surface area contributed by atoms with E-state index in [2.05, 4.69) is 10.3 Å². The number of fused-ring (bicyclic) bond motifs is 1. The maximum absolute atomic E-state index is 12.5. The number of ether oxygens (including phenoxy) is 1. The van der Waals surface area contributed by atoms with Gasteiger partial charge in [0.15, 0.2) is 11.1 Å². The number of carbonyl (C=O) groups excluding carboxylic acids is 1. The highest BCUT2D eigenvalue weighted by Crippen LogP contribution is 2.24. The Hall–Kier alpha value is -2.96. The first-order chi connectivity index (χ1) is 12.7. The minimum atomic E-state index is -0.643. The highest BCUT2D eigenvalue weighted by Gasteiger charge is 2.19. The van der Waals surface area contributed by atoms with E-state index in [1.807, 2.05) is 76.8 Å². The lowest BCUT2D eigenvalue weighted by molar-refractivity contribution is -0.126. The van der Waals surface area contributed by atoms with Crippen molar-refractivity contribution in [1.82, 2.24) is 9.38 Å². The maximum atomic E-state index is 12.5. The molecule has 0 unspecified atom stereocenters. The van der Waals surface area contributed by atoms with Crippen LogP contribution in [0.2, 0.25) is 0 Å². The molecule has 26 heavy (non-hydrogen) atoms. The SMILES string of the molecule is CO[C@H](C(=O)Nc1ccc(-c2cn3ccsc3n2)cc1)c1ccccc1. The van der Waals surface area contributed by atoms with Crippen LogP contribution in [0, 0.1) is 0 Å². The van der Waals surface area contributed by atoms with Crippen molar-refractivity contribution >= 4 is 27.9 Å². The first-order valence-corrected chi connectivity index (χ1v) is 9.04. The number of methoxy groups -OCH3 is 1. The van der Waals surface area contributed by atoms with Crippen molar-refractivity contribution < 1.29 is 9.53 Å². The fraction of sp³-hybridized carbons (Fsp3) is 0.100. The third-order valence-corrected chi connectivity index (χ3v) is 4.89. The number of thiazole rings is 1. The summed E-state index contributed by atoms with van der Waals surface area (Å²) in [6.45, 7) is 0. The zero-order valence-electron chi connectivity index (χ0n) is 14.1. The number of rotatable bonds is 5. The predicted octanol–water partition coefficient (Wildman–Crippen LogP) is 4.39. The summed E-state index contributed by atoms with van der Waals surface area (Å²) in [6, 6.07) is 17.1. The molecule has 0 aliphatic rings. The van der Waals surface area contributed by atoms with E-state index in [0.717, 1.165) is 27.5 Å². The standard InChI is InChI=1S/C20H17N3O2S/c1-25-18(15-5-3-2-4-6-15)19(24)21-16-9-7-14(8-10-16)17-13-23-11-12-26-20(23)22-17/h2-13,18H,1H3,(H,21,24)/t18-/m0/s1. The molecule has 4 aromatic rings. The number of hydrogen-bond acceptors (Lipinski definition) is 4. The van der Waals surface area contributed by atoms with Crippen LogP contribution in [0.5, 0.6) is 0 Å². The van der Waals surface area contributed by atoms with Gasteiger partial charge in [-0.3, -0.25) is 9.20 Å². The average molecular weight is 363 g/mol. The number of aromatic nitrogens is 2. The number of hydrogen-bond donors (Lipinski definition) is 1. The van der Waals surface area contributed by atoms with Gasteiger partial charge in [0.1, 0.15) is 0 Å². The number of imidazole rings is 1. The van der Waals surface area contributed by atoms with Gasteiger partial charge in [-0.15, -0.1) is 11.3 Å². The second-order valence-electron chi connectivity index (χ2n) is 5.81. The van der Waals surface area contributed by atoms with E-state index in [4.69, 9.17) is 4.74 Å². The van der Waals surface area contributed by atoms with Gasteiger partial charge in [-0.05, 0) is 17.7 Å². The molecule has 0 saturated heterocycles. The van der Waals surface area contributed by atoms with Crippen LogP contribution in [0.3, 0.4) is 0 Å². The van der Waals surface area contributed by atoms with Gasteiger partial charge in [-0.1, -0.05) is 42.5 Å². The van der Waals surface area contributed by atoms with Crippen molar-refractivity contribution in [3.05, 3.63) is 77.9 Å². The quantitative estimate of drug-likeness (QED) is 0.572. The summed E-state index contributed by atoms with van der Waals surface area (Å²) in [5.41, 5.74) is 3.46. The molecule has 0 saturated carbocycles. The molecule has 0 bridgehead atoms. The molecule has 6 heteroatoms. The van der Waals surface area contributed by atoms with Crippen LogP contribution in [0.15, 0.2) is 72.4 Å². The molecule has 0 aliphatic carbocycles. The van der Waals surface area contributed by atoms with E-state index in [0.29, 0.717) is 0 Å². The summed E-state index contributed by atoms with van der Waals surface area (Å²) in [6.07, 6.45) is 3.34. The molecule has 0 radical (unpaired) electrons. The molecular formula is C20H17N3O2S. The Bertz CT molecular complexity index is 994. The van der Waals surface area contributed by atoms with Gasteiger partial charge in [0, 0.05) is 36.1 Å². The number of nitrogens with zero attached hydrogens (tertiary/aromatic N) is 2. The van der Waals surface area contributed by atoms with E-state index < -0.39 is 6.10 Å². The van der Waals surface area contributed by atoms with Gasteiger partial charge < -0.3 is 10.1 Å². The molecule has 1 atom stereocenters. The second kappa shape index (κ2) is 7.11. The van der Waals surface area contributed by atoms with Crippen molar-refractivity contribution in [2.24, 2.45) is 0 Å². The average Bonchev–Trinajstić information content (AvgIpc) is 3.26. The van der Waals surface area contributed by atoms with Gasteiger partial charge in [0.25, 0.3) is 5.91 Å². The summed E-state index contributed by atoms with van der Waals surface area (Å²) in [5, 5.41) is 4.91. The van der Waals surface area contributed by atoms with Crippen LogP contribution in [-0.2, 0) is 9.53 Å². The Morgan fingerprint density at radius 1 is 1.15 bits per heavy atom. The topological polar surface area (TPSA) is 55.6 Å². The molecular weight excluding hydrogens is 346 g/mol. The van der Waals surface area contributed by atoms with Crippen LogP contribution in [-0.4, -0.2) is 22.4 Å². The molecule has 2 aromatic carbocycles. The third-order valence-electron chi connectivity index (χ3n) is 4.12. The largest absolute Gasteiger partial charge is 0.367 e. The number of benzene rings is 2. The lowest BCUT2D eigenvalue weighted by Gasteiger charge is -2.15. The van der Waals surface area contributed by atoms with E-state index >= 15 is 0 Å². The summed E-state index contributed by atoms with van der Waals surface area (Å²) in [5.74, 6) is -0.200. The van der Waals surface area contributed by atoms with Crippen LogP contribution < -0.4 is 5.32 Å². The van der Waals surface area contributed by atoms with Crippen molar-refractivity contribution in [2.75, 3.05) is 12.4 Å². The predicted molar refractivity (Wildman–Crippen MR) is 103 cm³/mol. The van der Waals surface area contributed by atoms with Gasteiger partial charge >= 0.3 is 0 Å². The Labute approximate surface area is 154 Å². The number of anilines is 1. The van der Waals surface area contributed by atoms with Gasteiger partial charge in [0.2, 0.25) is 0 Å². The zero-order valence-corrected chi connectivity index (χ0v) is 14.9. The minimum Gasteiger partial charge on any atom is -0.367 e. The molecule has 1 N–H and O–H groups in total. The number of nitrogens with one attached hydrogen (secondary N) is 1. The van der Waals surface area contributed by atoms with Crippen molar-refractivity contribution in [3.63, 3.8) is 0 Å². The van der Waals surface area contributed by atoms with Crippen LogP contribution >= 0.6 is 11.3 Å². The Balaban J connectivity index is 1.50. The molecule has 5 nitrogen and oxygen atoms in total. The molecule has 1 amide bonds. The molecule has 130 valence electrons. The first-order valence-electron chi connectivity index (χ1n) is 8.16. The number of amides is 1. The Kier molecular flexibility index (Phi) is 4.51.